The molecule has 0 aromatic heterocycles. The molecule has 104 valence electrons. The first-order valence-electron chi connectivity index (χ1n) is 7.22. The van der Waals surface area contributed by atoms with Gasteiger partial charge < -0.3 is 9.64 Å². The minimum atomic E-state index is 0.119. The molecule has 2 rings (SSSR count). The number of rotatable bonds is 5. The molecule has 1 fully saturated rings. The van der Waals surface area contributed by atoms with Gasteiger partial charge in [0.25, 0.3) is 5.91 Å². The molecule has 0 spiro atoms. The van der Waals surface area contributed by atoms with Crippen molar-refractivity contribution >= 4 is 5.91 Å². The molecule has 0 heterocycles. The third-order valence-corrected chi connectivity index (χ3v) is 3.77. The van der Waals surface area contributed by atoms with E-state index in [1.54, 1.807) is 0 Å². The lowest BCUT2D eigenvalue weighted by Crippen LogP contribution is -2.35. The molecule has 1 amide bonds. The molecule has 0 atom stereocenters. The first-order valence-corrected chi connectivity index (χ1v) is 7.22. The molecule has 0 radical (unpaired) electrons. The average Bonchev–Trinajstić information content (AvgIpc) is 2.98. The van der Waals surface area contributed by atoms with Crippen molar-refractivity contribution in [2.75, 3.05) is 13.7 Å². The van der Waals surface area contributed by atoms with Crippen LogP contribution in [0.3, 0.4) is 0 Å². The fourth-order valence-corrected chi connectivity index (χ4v) is 2.57. The number of hydrogen-bond acceptors (Lipinski definition) is 2. The van der Waals surface area contributed by atoms with Gasteiger partial charge in [0.15, 0.2) is 0 Å². The van der Waals surface area contributed by atoms with Crippen LogP contribution < -0.4 is 4.74 Å². The SMILES string of the molecule is CCCOc1ccc(C(=O)N(C)C2CCCC2)cc1. The Balaban J connectivity index is 1.98. The van der Waals surface area contributed by atoms with Crippen LogP contribution in [0.2, 0.25) is 0 Å². The van der Waals surface area contributed by atoms with Crippen molar-refractivity contribution in [3.05, 3.63) is 29.8 Å². The number of benzene rings is 1. The molecule has 1 aromatic rings. The van der Waals surface area contributed by atoms with E-state index in [-0.39, 0.29) is 5.91 Å². The monoisotopic (exact) mass is 261 g/mol. The van der Waals surface area contributed by atoms with Crippen molar-refractivity contribution in [1.82, 2.24) is 4.90 Å². The van der Waals surface area contributed by atoms with Crippen molar-refractivity contribution in [2.45, 2.75) is 45.1 Å². The summed E-state index contributed by atoms with van der Waals surface area (Å²) >= 11 is 0. The summed E-state index contributed by atoms with van der Waals surface area (Å²) < 4.78 is 5.53. The van der Waals surface area contributed by atoms with Gasteiger partial charge in [0.05, 0.1) is 6.61 Å². The first-order chi connectivity index (χ1) is 9.22. The summed E-state index contributed by atoms with van der Waals surface area (Å²) in [5.41, 5.74) is 0.748. The third kappa shape index (κ3) is 3.49. The van der Waals surface area contributed by atoms with Crippen molar-refractivity contribution < 1.29 is 9.53 Å². The summed E-state index contributed by atoms with van der Waals surface area (Å²) in [5, 5.41) is 0. The van der Waals surface area contributed by atoms with E-state index in [9.17, 15) is 4.79 Å². The number of hydrogen-bond donors (Lipinski definition) is 0. The van der Waals surface area contributed by atoms with Gasteiger partial charge in [-0.3, -0.25) is 4.79 Å². The average molecular weight is 261 g/mol. The van der Waals surface area contributed by atoms with Gasteiger partial charge in [-0.05, 0) is 43.5 Å². The summed E-state index contributed by atoms with van der Waals surface area (Å²) in [6.07, 6.45) is 5.75. The molecule has 3 heteroatoms. The van der Waals surface area contributed by atoms with Gasteiger partial charge in [-0.2, -0.15) is 0 Å². The fraction of sp³-hybridized carbons (Fsp3) is 0.562. The minimum Gasteiger partial charge on any atom is -0.494 e. The highest BCUT2D eigenvalue weighted by atomic mass is 16.5. The predicted octanol–water partition coefficient (Wildman–Crippen LogP) is 3.49. The van der Waals surface area contributed by atoms with Crippen LogP contribution in [0.4, 0.5) is 0 Å². The zero-order valence-electron chi connectivity index (χ0n) is 11.9. The van der Waals surface area contributed by atoms with Crippen LogP contribution in [0.1, 0.15) is 49.4 Å². The summed E-state index contributed by atoms with van der Waals surface area (Å²) in [4.78, 5) is 14.2. The van der Waals surface area contributed by atoms with Crippen molar-refractivity contribution in [3.63, 3.8) is 0 Å². The van der Waals surface area contributed by atoms with Crippen LogP contribution in [0, 0.1) is 0 Å². The first kappa shape index (κ1) is 13.9. The Kier molecular flexibility index (Phi) is 4.83. The molecule has 1 aromatic carbocycles. The lowest BCUT2D eigenvalue weighted by molar-refractivity contribution is 0.0735. The molecular weight excluding hydrogens is 238 g/mol. The third-order valence-electron chi connectivity index (χ3n) is 3.77. The Morgan fingerprint density at radius 3 is 2.47 bits per heavy atom. The second-order valence-electron chi connectivity index (χ2n) is 5.23. The van der Waals surface area contributed by atoms with Crippen LogP contribution in [0.15, 0.2) is 24.3 Å². The topological polar surface area (TPSA) is 29.5 Å². The highest BCUT2D eigenvalue weighted by Crippen LogP contribution is 2.24. The maximum Gasteiger partial charge on any atom is 0.253 e. The second-order valence-corrected chi connectivity index (χ2v) is 5.23. The van der Waals surface area contributed by atoms with Gasteiger partial charge in [-0.25, -0.2) is 0 Å². The zero-order chi connectivity index (χ0) is 13.7. The maximum absolute atomic E-state index is 12.3. The Hall–Kier alpha value is -1.51. The normalized spacial score (nSPS) is 15.5. The number of amides is 1. The smallest absolute Gasteiger partial charge is 0.253 e. The van der Waals surface area contributed by atoms with Crippen LogP contribution in [0.25, 0.3) is 0 Å². The largest absolute Gasteiger partial charge is 0.494 e. The Bertz CT molecular complexity index is 407. The number of carbonyl (C=O) groups excluding carboxylic acids is 1. The van der Waals surface area contributed by atoms with Crippen LogP contribution in [0.5, 0.6) is 5.75 Å². The quantitative estimate of drug-likeness (QED) is 0.812. The van der Waals surface area contributed by atoms with Gasteiger partial charge in [0.1, 0.15) is 5.75 Å². The van der Waals surface area contributed by atoms with E-state index in [0.29, 0.717) is 6.04 Å². The molecule has 0 saturated heterocycles. The number of nitrogens with zero attached hydrogens (tertiary/aromatic N) is 1. The summed E-state index contributed by atoms with van der Waals surface area (Å²) in [6, 6.07) is 7.90. The molecule has 1 aliphatic rings. The molecule has 0 unspecified atom stereocenters. The lowest BCUT2D eigenvalue weighted by Gasteiger charge is -2.24. The van der Waals surface area contributed by atoms with E-state index in [1.165, 1.54) is 12.8 Å². The predicted molar refractivity (Wildman–Crippen MR) is 76.6 cm³/mol. The number of ether oxygens (including phenoxy) is 1. The van der Waals surface area contributed by atoms with E-state index >= 15 is 0 Å². The van der Waals surface area contributed by atoms with Gasteiger partial charge >= 0.3 is 0 Å². The van der Waals surface area contributed by atoms with Gasteiger partial charge in [0, 0.05) is 18.7 Å². The minimum absolute atomic E-state index is 0.119. The Morgan fingerprint density at radius 2 is 1.89 bits per heavy atom. The molecule has 19 heavy (non-hydrogen) atoms. The lowest BCUT2D eigenvalue weighted by atomic mass is 10.1. The van der Waals surface area contributed by atoms with E-state index in [2.05, 4.69) is 6.92 Å². The summed E-state index contributed by atoms with van der Waals surface area (Å²) in [7, 11) is 1.92. The van der Waals surface area contributed by atoms with Crippen LogP contribution in [-0.4, -0.2) is 30.5 Å². The van der Waals surface area contributed by atoms with E-state index in [4.69, 9.17) is 4.74 Å². The Labute approximate surface area is 115 Å². The standard InChI is InChI=1S/C16H23NO2/c1-3-12-19-15-10-8-13(9-11-15)16(18)17(2)14-6-4-5-7-14/h8-11,14H,3-7,12H2,1-2H3. The molecule has 1 saturated carbocycles. The molecular formula is C16H23NO2. The van der Waals surface area contributed by atoms with Gasteiger partial charge in [-0.1, -0.05) is 19.8 Å². The van der Waals surface area contributed by atoms with Crippen LogP contribution in [-0.2, 0) is 0 Å². The number of carbonyl (C=O) groups is 1. The van der Waals surface area contributed by atoms with E-state index < -0.39 is 0 Å². The molecule has 0 N–H and O–H groups in total. The van der Waals surface area contributed by atoms with E-state index in [1.807, 2.05) is 36.2 Å². The van der Waals surface area contributed by atoms with Crippen LogP contribution >= 0.6 is 0 Å². The molecule has 0 aliphatic heterocycles. The molecule has 0 bridgehead atoms. The summed E-state index contributed by atoms with van der Waals surface area (Å²) in [6.45, 7) is 2.80. The molecule has 3 nitrogen and oxygen atoms in total. The highest BCUT2D eigenvalue weighted by molar-refractivity contribution is 5.94. The highest BCUT2D eigenvalue weighted by Gasteiger charge is 2.24. The zero-order valence-corrected chi connectivity index (χ0v) is 11.9. The van der Waals surface area contributed by atoms with Crippen molar-refractivity contribution in [3.8, 4) is 5.75 Å². The fourth-order valence-electron chi connectivity index (χ4n) is 2.57. The summed E-state index contributed by atoms with van der Waals surface area (Å²) in [5.74, 6) is 0.955. The van der Waals surface area contributed by atoms with E-state index in [0.717, 1.165) is 37.2 Å². The van der Waals surface area contributed by atoms with Crippen molar-refractivity contribution in [1.29, 1.82) is 0 Å². The Morgan fingerprint density at radius 1 is 1.26 bits per heavy atom. The molecule has 1 aliphatic carbocycles. The van der Waals surface area contributed by atoms with Crippen molar-refractivity contribution in [2.24, 2.45) is 0 Å². The maximum atomic E-state index is 12.3. The van der Waals surface area contributed by atoms with Gasteiger partial charge in [-0.15, -0.1) is 0 Å². The van der Waals surface area contributed by atoms with Gasteiger partial charge in [0.2, 0.25) is 0 Å². The second kappa shape index (κ2) is 6.60.